The zero-order valence-corrected chi connectivity index (χ0v) is 10.9. The summed E-state index contributed by atoms with van der Waals surface area (Å²) in [6, 6.07) is 8.36. The average Bonchev–Trinajstić information content (AvgIpc) is 2.71. The Labute approximate surface area is 111 Å². The summed E-state index contributed by atoms with van der Waals surface area (Å²) in [4.78, 5) is 4.49. The highest BCUT2D eigenvalue weighted by atomic mass is 32.1. The average molecular weight is 255 g/mol. The number of nitrogens with one attached hydrogen (secondary N) is 1. The lowest BCUT2D eigenvalue weighted by Crippen LogP contribution is -2.38. The lowest BCUT2D eigenvalue weighted by atomic mass is 10.0. The first-order valence-corrected chi connectivity index (χ1v) is 6.19. The van der Waals surface area contributed by atoms with Gasteiger partial charge in [-0.1, -0.05) is 36.4 Å². The summed E-state index contributed by atoms with van der Waals surface area (Å²) in [5, 5.41) is 2.36. The highest BCUT2D eigenvalue weighted by Crippen LogP contribution is 2.25. The topological polar surface area (TPSA) is 27.6 Å². The molecule has 0 aliphatic carbocycles. The molecule has 0 fully saturated rings. The fraction of sp³-hybridized carbons (Fsp3) is 0.143. The monoisotopic (exact) mass is 255 g/mol. The molecule has 2 heterocycles. The van der Waals surface area contributed by atoms with E-state index in [2.05, 4.69) is 48.2 Å². The molecule has 18 heavy (non-hydrogen) atoms. The van der Waals surface area contributed by atoms with E-state index in [0.717, 1.165) is 29.1 Å². The van der Waals surface area contributed by atoms with Crippen LogP contribution in [0.5, 0.6) is 0 Å². The largest absolute Gasteiger partial charge is 0.293 e. The van der Waals surface area contributed by atoms with E-state index in [9.17, 15) is 0 Å². The molecular weight excluding hydrogens is 242 g/mol. The minimum absolute atomic E-state index is 0.543. The number of nitrogens with zero attached hydrogens (tertiary/aromatic N) is 2. The van der Waals surface area contributed by atoms with Crippen molar-refractivity contribution in [2.45, 2.75) is 13.3 Å². The molecule has 1 aromatic carbocycles. The molecule has 0 aromatic heterocycles. The second-order valence-electron chi connectivity index (χ2n) is 4.49. The van der Waals surface area contributed by atoms with Crippen LogP contribution in [0.2, 0.25) is 0 Å². The summed E-state index contributed by atoms with van der Waals surface area (Å²) in [6.45, 7) is 5.96. The van der Waals surface area contributed by atoms with Crippen LogP contribution in [-0.2, 0) is 0 Å². The maximum atomic E-state index is 5.29. The van der Waals surface area contributed by atoms with Crippen LogP contribution >= 0.6 is 12.2 Å². The quantitative estimate of drug-likeness (QED) is 0.782. The highest BCUT2D eigenvalue weighted by Gasteiger charge is 2.27. The number of thiocarbonyl (C=S) groups is 1. The standard InChI is InChI=1S/C14H13N3S/c1-9-3-5-11(6-4-9)13-8-12-7-10(2)16-17(12)14(18)15-13/h3-7,16H,2,8H2,1H3. The molecule has 1 N–H and O–H groups in total. The Kier molecular flexibility index (Phi) is 2.52. The van der Waals surface area contributed by atoms with Gasteiger partial charge in [-0.05, 0) is 30.8 Å². The van der Waals surface area contributed by atoms with Crippen LogP contribution in [0.25, 0.3) is 0 Å². The van der Waals surface area contributed by atoms with E-state index in [4.69, 9.17) is 12.2 Å². The van der Waals surface area contributed by atoms with Crippen molar-refractivity contribution in [3.05, 3.63) is 59.4 Å². The van der Waals surface area contributed by atoms with E-state index in [0.29, 0.717) is 5.11 Å². The van der Waals surface area contributed by atoms with Crippen LogP contribution in [0.1, 0.15) is 17.5 Å². The van der Waals surface area contributed by atoms with Gasteiger partial charge in [-0.25, -0.2) is 10.0 Å². The number of hydrogen-bond donors (Lipinski definition) is 1. The Morgan fingerprint density at radius 2 is 2.06 bits per heavy atom. The van der Waals surface area contributed by atoms with Gasteiger partial charge in [0.2, 0.25) is 5.11 Å². The summed E-state index contributed by atoms with van der Waals surface area (Å²) in [6.07, 6.45) is 2.78. The number of benzene rings is 1. The van der Waals surface area contributed by atoms with Crippen molar-refractivity contribution in [1.82, 2.24) is 10.4 Å². The molecule has 0 unspecified atom stereocenters. The van der Waals surface area contributed by atoms with Gasteiger partial charge in [0.25, 0.3) is 0 Å². The second kappa shape index (κ2) is 4.07. The lowest BCUT2D eigenvalue weighted by molar-refractivity contribution is 0.451. The Balaban J connectivity index is 1.97. The first-order valence-electron chi connectivity index (χ1n) is 5.78. The van der Waals surface area contributed by atoms with E-state index in [1.807, 2.05) is 11.1 Å². The van der Waals surface area contributed by atoms with E-state index < -0.39 is 0 Å². The molecule has 3 rings (SSSR count). The molecule has 4 heteroatoms. The fourth-order valence-electron chi connectivity index (χ4n) is 2.10. The van der Waals surface area contributed by atoms with Crippen molar-refractivity contribution in [3.63, 3.8) is 0 Å². The Morgan fingerprint density at radius 3 is 2.78 bits per heavy atom. The van der Waals surface area contributed by atoms with Gasteiger partial charge in [-0.15, -0.1) is 0 Å². The van der Waals surface area contributed by atoms with Gasteiger partial charge in [-0.2, -0.15) is 0 Å². The number of allylic oxidation sites excluding steroid dienone is 2. The molecule has 0 saturated carbocycles. The second-order valence-corrected chi connectivity index (χ2v) is 4.86. The molecule has 90 valence electrons. The molecule has 1 aromatic rings. The van der Waals surface area contributed by atoms with Gasteiger partial charge in [0.1, 0.15) is 0 Å². The Bertz CT molecular complexity index is 596. The van der Waals surface area contributed by atoms with Gasteiger partial charge >= 0.3 is 0 Å². The van der Waals surface area contributed by atoms with Crippen molar-refractivity contribution < 1.29 is 0 Å². The summed E-state index contributed by atoms with van der Waals surface area (Å²) < 4.78 is 0. The minimum atomic E-state index is 0.543. The van der Waals surface area contributed by atoms with Crippen LogP contribution in [-0.4, -0.2) is 15.8 Å². The molecule has 2 aliphatic heterocycles. The van der Waals surface area contributed by atoms with E-state index in [-0.39, 0.29) is 0 Å². The minimum Gasteiger partial charge on any atom is -0.293 e. The first-order chi connectivity index (χ1) is 8.63. The van der Waals surface area contributed by atoms with Gasteiger partial charge in [0.05, 0.1) is 11.4 Å². The van der Waals surface area contributed by atoms with Crippen molar-refractivity contribution in [2.75, 3.05) is 0 Å². The van der Waals surface area contributed by atoms with Gasteiger partial charge < -0.3 is 0 Å². The van der Waals surface area contributed by atoms with Crippen LogP contribution in [0, 0.1) is 6.92 Å². The van der Waals surface area contributed by atoms with Crippen molar-refractivity contribution in [1.29, 1.82) is 0 Å². The fourth-order valence-corrected chi connectivity index (χ4v) is 2.38. The number of hydrazine groups is 1. The smallest absolute Gasteiger partial charge is 0.219 e. The molecule has 0 amide bonds. The maximum Gasteiger partial charge on any atom is 0.219 e. The molecule has 0 bridgehead atoms. The van der Waals surface area contributed by atoms with Crippen LogP contribution < -0.4 is 5.43 Å². The zero-order chi connectivity index (χ0) is 12.7. The molecule has 0 spiro atoms. The van der Waals surface area contributed by atoms with E-state index in [1.165, 1.54) is 5.56 Å². The lowest BCUT2D eigenvalue weighted by Gasteiger charge is -2.26. The zero-order valence-electron chi connectivity index (χ0n) is 10.1. The summed E-state index contributed by atoms with van der Waals surface area (Å²) >= 11 is 5.29. The number of hydrogen-bond acceptors (Lipinski definition) is 2. The Hall–Kier alpha value is -1.94. The van der Waals surface area contributed by atoms with E-state index in [1.54, 1.807) is 0 Å². The number of aryl methyl sites for hydroxylation is 1. The van der Waals surface area contributed by atoms with Crippen molar-refractivity contribution in [2.24, 2.45) is 4.99 Å². The third kappa shape index (κ3) is 1.84. The molecule has 0 saturated heterocycles. The van der Waals surface area contributed by atoms with Crippen molar-refractivity contribution in [3.8, 4) is 0 Å². The normalized spacial score (nSPS) is 18.2. The summed E-state index contributed by atoms with van der Waals surface area (Å²) in [5.74, 6) is 0. The molecular formula is C14H13N3S. The van der Waals surface area contributed by atoms with E-state index >= 15 is 0 Å². The highest BCUT2D eigenvalue weighted by molar-refractivity contribution is 7.80. The molecule has 2 aliphatic rings. The maximum absolute atomic E-state index is 5.29. The predicted octanol–water partition coefficient (Wildman–Crippen LogP) is 2.69. The van der Waals surface area contributed by atoms with Crippen LogP contribution in [0.15, 0.2) is 53.3 Å². The summed E-state index contributed by atoms with van der Waals surface area (Å²) in [5.41, 5.74) is 8.43. The van der Waals surface area contributed by atoms with Gasteiger partial charge in [0.15, 0.2) is 0 Å². The molecule has 0 atom stereocenters. The predicted molar refractivity (Wildman–Crippen MR) is 77.1 cm³/mol. The number of fused-ring (bicyclic) bond motifs is 1. The third-order valence-electron chi connectivity index (χ3n) is 3.04. The third-order valence-corrected chi connectivity index (χ3v) is 3.31. The first kappa shape index (κ1) is 11.2. The molecule has 3 nitrogen and oxygen atoms in total. The van der Waals surface area contributed by atoms with Crippen molar-refractivity contribution >= 4 is 23.0 Å². The summed E-state index contributed by atoms with van der Waals surface area (Å²) in [7, 11) is 0. The number of aliphatic imine (C=N–C) groups is 1. The van der Waals surface area contributed by atoms with Crippen LogP contribution in [0.3, 0.4) is 0 Å². The Morgan fingerprint density at radius 1 is 1.33 bits per heavy atom. The van der Waals surface area contributed by atoms with Gasteiger partial charge in [0, 0.05) is 12.1 Å². The number of rotatable bonds is 1. The molecule has 0 radical (unpaired) electrons. The van der Waals surface area contributed by atoms with Crippen LogP contribution in [0.4, 0.5) is 0 Å². The SMILES string of the molecule is C=C1C=C2CC(c3ccc(C)cc3)=NC(=S)N2N1. The van der Waals surface area contributed by atoms with Gasteiger partial charge in [-0.3, -0.25) is 5.43 Å².